The van der Waals surface area contributed by atoms with Crippen LogP contribution in [0.15, 0.2) is 30.6 Å². The topological polar surface area (TPSA) is 38.7 Å². The molecule has 1 aromatic rings. The van der Waals surface area contributed by atoms with Gasteiger partial charge in [0.25, 0.3) is 0 Å². The summed E-state index contributed by atoms with van der Waals surface area (Å²) in [6.07, 6.45) is -1.03. The predicted octanol–water partition coefficient (Wildman–Crippen LogP) is 1.63. The van der Waals surface area contributed by atoms with Gasteiger partial charge >= 0.3 is 0 Å². The molecule has 0 spiro atoms. The van der Waals surface area contributed by atoms with Crippen molar-refractivity contribution in [2.45, 2.75) is 0 Å². The minimum absolute atomic E-state index is 0.0104. The molecule has 3 nitrogen and oxygen atoms in total. The molecule has 0 atom stereocenters. The highest BCUT2D eigenvalue weighted by Gasteiger charge is 2.07. The molecule has 1 aliphatic rings. The van der Waals surface area contributed by atoms with Crippen LogP contribution in [0.25, 0.3) is 0 Å². The standard InChI is InChI=1S/C8H6O3/c9-6-1-2-7-8(5-6)11-4-3-10-7/h1-5,9H/i1D,3D,4D,5D. The molecule has 0 radical (unpaired) electrons. The van der Waals surface area contributed by atoms with Gasteiger partial charge in [-0.05, 0) is 12.1 Å². The van der Waals surface area contributed by atoms with E-state index in [0.29, 0.717) is 0 Å². The Balaban J connectivity index is 2.60. The molecule has 1 aliphatic heterocycles. The number of fused-ring (bicyclic) bond motifs is 1. The molecule has 0 amide bonds. The number of ether oxygens (including phenoxy) is 2. The van der Waals surface area contributed by atoms with Crippen molar-refractivity contribution in [1.29, 1.82) is 0 Å². The summed E-state index contributed by atoms with van der Waals surface area (Å²) in [6.45, 7) is 0. The van der Waals surface area contributed by atoms with Crippen molar-refractivity contribution in [3.63, 3.8) is 0 Å². The Bertz CT molecular complexity index is 469. The molecule has 0 saturated heterocycles. The number of hydrogen-bond donors (Lipinski definition) is 1. The lowest BCUT2D eigenvalue weighted by Crippen LogP contribution is -1.94. The summed E-state index contributed by atoms with van der Waals surface area (Å²) < 4.78 is 38.7. The van der Waals surface area contributed by atoms with Gasteiger partial charge in [0.2, 0.25) is 0 Å². The second kappa shape index (κ2) is 2.20. The van der Waals surface area contributed by atoms with Gasteiger partial charge in [-0.3, -0.25) is 0 Å². The summed E-state index contributed by atoms with van der Waals surface area (Å²) >= 11 is 0. The van der Waals surface area contributed by atoms with Crippen molar-refractivity contribution < 1.29 is 20.1 Å². The molecule has 56 valence electrons. The first-order chi connectivity index (χ1) is 7.00. The molecule has 2 rings (SSSR count). The second-order valence-corrected chi connectivity index (χ2v) is 1.86. The third kappa shape index (κ3) is 1.00. The van der Waals surface area contributed by atoms with Gasteiger partial charge in [-0.15, -0.1) is 0 Å². The molecule has 0 bridgehead atoms. The van der Waals surface area contributed by atoms with E-state index in [-0.39, 0.29) is 17.5 Å². The van der Waals surface area contributed by atoms with E-state index >= 15 is 0 Å². The monoisotopic (exact) mass is 154 g/mol. The van der Waals surface area contributed by atoms with Crippen molar-refractivity contribution in [1.82, 2.24) is 0 Å². The minimum Gasteiger partial charge on any atom is -0.508 e. The van der Waals surface area contributed by atoms with Crippen LogP contribution in [0.2, 0.25) is 0 Å². The lowest BCUT2D eigenvalue weighted by molar-refractivity contribution is 0.358. The number of benzene rings is 1. The van der Waals surface area contributed by atoms with E-state index in [9.17, 15) is 5.11 Å². The van der Waals surface area contributed by atoms with Crippen LogP contribution in [-0.4, -0.2) is 5.11 Å². The number of phenols is 1. The molecule has 3 heteroatoms. The van der Waals surface area contributed by atoms with Gasteiger partial charge in [0, 0.05) is 6.04 Å². The fourth-order valence-electron chi connectivity index (χ4n) is 0.704. The van der Waals surface area contributed by atoms with Crippen molar-refractivity contribution in [3.05, 3.63) is 30.6 Å². The SMILES string of the molecule is [2H]C1=C([2H])Oc2c(cc([2H])c(O)c2[2H])O1. The Morgan fingerprint density at radius 3 is 2.82 bits per heavy atom. The molecular weight excluding hydrogens is 144 g/mol. The lowest BCUT2D eigenvalue weighted by atomic mass is 10.3. The van der Waals surface area contributed by atoms with E-state index in [0.717, 1.165) is 6.07 Å². The molecule has 0 aromatic heterocycles. The molecule has 0 aliphatic carbocycles. The van der Waals surface area contributed by atoms with Crippen LogP contribution in [0, 0.1) is 0 Å². The van der Waals surface area contributed by atoms with Gasteiger partial charge in [0.1, 0.15) is 21.0 Å². The Hall–Kier alpha value is -1.64. The molecule has 0 saturated carbocycles. The highest BCUT2D eigenvalue weighted by Crippen LogP contribution is 2.32. The van der Waals surface area contributed by atoms with E-state index in [2.05, 4.69) is 0 Å². The highest BCUT2D eigenvalue weighted by molar-refractivity contribution is 5.46. The maximum Gasteiger partial charge on any atom is 0.172 e. The average Bonchev–Trinajstić information content (AvgIpc) is 2.19. The average molecular weight is 154 g/mol. The summed E-state index contributed by atoms with van der Waals surface area (Å²) in [7, 11) is 0. The fourth-order valence-corrected chi connectivity index (χ4v) is 0.704. The predicted molar refractivity (Wildman–Crippen MR) is 38.5 cm³/mol. The van der Waals surface area contributed by atoms with Gasteiger partial charge in [-0.1, -0.05) is 0 Å². The Kier molecular flexibility index (Phi) is 0.633. The second-order valence-electron chi connectivity index (χ2n) is 1.86. The van der Waals surface area contributed by atoms with E-state index in [1.165, 1.54) is 0 Å². The molecule has 1 aromatic carbocycles. The van der Waals surface area contributed by atoms with Gasteiger partial charge in [0.05, 0.1) is 2.74 Å². The van der Waals surface area contributed by atoms with E-state index in [1.807, 2.05) is 0 Å². The maximum atomic E-state index is 9.28. The Morgan fingerprint density at radius 1 is 1.27 bits per heavy atom. The van der Waals surface area contributed by atoms with Crippen molar-refractivity contribution in [2.24, 2.45) is 0 Å². The third-order valence-corrected chi connectivity index (χ3v) is 1.15. The molecule has 11 heavy (non-hydrogen) atoms. The van der Waals surface area contributed by atoms with E-state index in [4.69, 9.17) is 15.0 Å². The smallest absolute Gasteiger partial charge is 0.172 e. The maximum absolute atomic E-state index is 9.28. The van der Waals surface area contributed by atoms with Gasteiger partial charge < -0.3 is 14.6 Å². The molecule has 1 N–H and O–H groups in total. The first-order valence-corrected chi connectivity index (χ1v) is 2.87. The van der Waals surface area contributed by atoms with E-state index < -0.39 is 24.3 Å². The zero-order valence-corrected chi connectivity index (χ0v) is 5.34. The molecular formula is C8H6O3. The highest BCUT2D eigenvalue weighted by atomic mass is 16.5. The summed E-state index contributed by atoms with van der Waals surface area (Å²) in [6, 6.07) is 0.419. The molecule has 0 unspecified atom stereocenters. The Labute approximate surface area is 69.1 Å². The Morgan fingerprint density at radius 2 is 2.00 bits per heavy atom. The van der Waals surface area contributed by atoms with Crippen molar-refractivity contribution in [3.8, 4) is 17.2 Å². The van der Waals surface area contributed by atoms with Crippen LogP contribution in [0.1, 0.15) is 5.48 Å². The third-order valence-electron chi connectivity index (χ3n) is 1.15. The van der Waals surface area contributed by atoms with Crippen LogP contribution in [0.3, 0.4) is 0 Å². The van der Waals surface area contributed by atoms with Crippen LogP contribution in [0.5, 0.6) is 17.2 Å². The summed E-state index contributed by atoms with van der Waals surface area (Å²) in [5, 5.41) is 9.28. The van der Waals surface area contributed by atoms with Crippen molar-refractivity contribution >= 4 is 0 Å². The quantitative estimate of drug-likeness (QED) is 0.617. The zero-order chi connectivity index (χ0) is 11.2. The first-order valence-electron chi connectivity index (χ1n) is 4.87. The fraction of sp³-hybridized carbons (Fsp3) is 0. The zero-order valence-electron chi connectivity index (χ0n) is 9.34. The number of phenolic OH excluding ortho intramolecular Hbond substituents is 1. The first kappa shape index (κ1) is 3.17. The van der Waals surface area contributed by atoms with Gasteiger partial charge in [-0.25, -0.2) is 0 Å². The largest absolute Gasteiger partial charge is 0.508 e. The molecule has 1 heterocycles. The van der Waals surface area contributed by atoms with Gasteiger partial charge in [-0.2, -0.15) is 0 Å². The van der Waals surface area contributed by atoms with Crippen LogP contribution in [-0.2, 0) is 0 Å². The van der Waals surface area contributed by atoms with Crippen molar-refractivity contribution in [2.75, 3.05) is 0 Å². The van der Waals surface area contributed by atoms with Crippen LogP contribution < -0.4 is 9.47 Å². The summed E-state index contributed by atoms with van der Waals surface area (Å²) in [5.74, 6) is -0.702. The van der Waals surface area contributed by atoms with Crippen LogP contribution in [0.4, 0.5) is 0 Å². The number of rotatable bonds is 0. The summed E-state index contributed by atoms with van der Waals surface area (Å²) in [4.78, 5) is 0. The van der Waals surface area contributed by atoms with Gasteiger partial charge in [0.15, 0.2) is 11.5 Å². The van der Waals surface area contributed by atoms with E-state index in [1.54, 1.807) is 0 Å². The normalized spacial score (nSPS) is 20.0. The van der Waals surface area contributed by atoms with Crippen LogP contribution >= 0.6 is 0 Å². The summed E-state index contributed by atoms with van der Waals surface area (Å²) in [5.41, 5.74) is 0. The molecule has 0 fully saturated rings. The minimum atomic E-state index is -0.543. The lowest BCUT2D eigenvalue weighted by Gasteiger charge is -2.11. The number of hydrogen-bond acceptors (Lipinski definition) is 3. The number of aromatic hydroxyl groups is 1.